The number of nitrogens with zero attached hydrogens (tertiary/aromatic N) is 4. The average molecular weight is 434 g/mol. The van der Waals surface area contributed by atoms with Gasteiger partial charge in [0.25, 0.3) is 5.91 Å². The summed E-state index contributed by atoms with van der Waals surface area (Å²) >= 11 is 0. The van der Waals surface area contributed by atoms with E-state index in [1.165, 1.54) is 0 Å². The lowest BCUT2D eigenvalue weighted by Crippen LogP contribution is -2.45. The van der Waals surface area contributed by atoms with Gasteiger partial charge in [-0.3, -0.25) is 15.6 Å². The van der Waals surface area contributed by atoms with Gasteiger partial charge in [-0.25, -0.2) is 9.97 Å². The maximum absolute atomic E-state index is 13.2. The Kier molecular flexibility index (Phi) is 6.68. The fourth-order valence-corrected chi connectivity index (χ4v) is 4.46. The number of carbonyl (C=O) groups excluding carboxylic acids is 1. The van der Waals surface area contributed by atoms with Crippen molar-refractivity contribution in [2.24, 2.45) is 5.92 Å². The number of aryl methyl sites for hydroxylation is 1. The van der Waals surface area contributed by atoms with Crippen molar-refractivity contribution in [2.75, 3.05) is 38.0 Å². The third kappa shape index (κ3) is 4.59. The van der Waals surface area contributed by atoms with E-state index in [2.05, 4.69) is 32.2 Å². The summed E-state index contributed by atoms with van der Waals surface area (Å²) < 4.78 is 0. The van der Waals surface area contributed by atoms with E-state index >= 15 is 0 Å². The van der Waals surface area contributed by atoms with Crippen molar-refractivity contribution in [1.82, 2.24) is 25.7 Å². The number of nitrogens with one attached hydrogen (secondary N) is 3. The summed E-state index contributed by atoms with van der Waals surface area (Å²) in [5.74, 6) is 1.38. The molecule has 2 aliphatic rings. The van der Waals surface area contributed by atoms with Crippen LogP contribution in [0.2, 0.25) is 0 Å². The zero-order valence-corrected chi connectivity index (χ0v) is 18.8. The molecule has 1 aromatic carbocycles. The molecule has 0 unspecified atom stereocenters. The van der Waals surface area contributed by atoms with Crippen molar-refractivity contribution in [3.63, 3.8) is 0 Å². The second-order valence-electron chi connectivity index (χ2n) is 8.80. The summed E-state index contributed by atoms with van der Waals surface area (Å²) in [5.41, 5.74) is 8.55. The number of amides is 1. The first-order chi connectivity index (χ1) is 15.5. The molecule has 1 amide bonds. The third-order valence-corrected chi connectivity index (χ3v) is 6.78. The number of piperidine rings is 1. The van der Waals surface area contributed by atoms with E-state index in [-0.39, 0.29) is 11.7 Å². The molecule has 2 fully saturated rings. The predicted octanol–water partition coefficient (Wildman–Crippen LogP) is 2.32. The van der Waals surface area contributed by atoms with Crippen LogP contribution in [0.1, 0.15) is 46.7 Å². The molecule has 3 N–H and O–H groups in total. The summed E-state index contributed by atoms with van der Waals surface area (Å²) in [6.45, 7) is 7.65. The van der Waals surface area contributed by atoms with Crippen molar-refractivity contribution in [3.8, 4) is 6.07 Å². The highest BCUT2D eigenvalue weighted by Gasteiger charge is 2.38. The molecule has 0 bridgehead atoms. The summed E-state index contributed by atoms with van der Waals surface area (Å²) in [4.78, 5) is 24.0. The number of aromatic nitrogens is 2. The number of nitriles is 1. The monoisotopic (exact) mass is 433 g/mol. The van der Waals surface area contributed by atoms with E-state index in [1.807, 2.05) is 44.2 Å². The number of hydrazine groups is 1. The van der Waals surface area contributed by atoms with Crippen LogP contribution < -0.4 is 16.2 Å². The maximum atomic E-state index is 13.2. The minimum atomic E-state index is -0.543. The molecule has 0 saturated carbocycles. The lowest BCUT2D eigenvalue weighted by molar-refractivity contribution is 0.0679. The van der Waals surface area contributed by atoms with E-state index in [4.69, 9.17) is 0 Å². The smallest absolute Gasteiger partial charge is 0.291 e. The molecule has 2 aromatic rings. The van der Waals surface area contributed by atoms with Crippen molar-refractivity contribution >= 4 is 11.7 Å². The molecule has 168 valence electrons. The second kappa shape index (κ2) is 9.63. The first-order valence-corrected chi connectivity index (χ1v) is 11.3. The van der Waals surface area contributed by atoms with E-state index in [0.29, 0.717) is 31.8 Å². The summed E-state index contributed by atoms with van der Waals surface area (Å²) in [5, 5.41) is 13.3. The molecular formula is C24H31N7O. The van der Waals surface area contributed by atoms with Crippen LogP contribution in [0.25, 0.3) is 0 Å². The highest BCUT2D eigenvalue weighted by Crippen LogP contribution is 2.35. The Hall–Kier alpha value is -3.02. The number of rotatable bonds is 6. The summed E-state index contributed by atoms with van der Waals surface area (Å²) in [7, 11) is 0. The normalized spacial score (nSPS) is 18.3. The van der Waals surface area contributed by atoms with E-state index in [1.54, 1.807) is 4.90 Å². The molecule has 0 radical (unpaired) electrons. The van der Waals surface area contributed by atoms with Gasteiger partial charge in [0.2, 0.25) is 5.82 Å². The highest BCUT2D eigenvalue weighted by atomic mass is 16.2. The Morgan fingerprint density at radius 3 is 2.53 bits per heavy atom. The number of anilines is 1. The van der Waals surface area contributed by atoms with Crippen molar-refractivity contribution in [2.45, 2.75) is 38.5 Å². The fourth-order valence-electron chi connectivity index (χ4n) is 4.46. The zero-order chi connectivity index (χ0) is 22.6. The molecule has 1 aromatic heterocycles. The lowest BCUT2D eigenvalue weighted by atomic mass is 9.74. The van der Waals surface area contributed by atoms with Crippen molar-refractivity contribution in [1.29, 1.82) is 5.26 Å². The molecule has 0 aliphatic carbocycles. The summed E-state index contributed by atoms with van der Waals surface area (Å²) in [6, 6.07) is 12.4. The SMILES string of the molecule is Cc1nc(C(=O)N2CCC(C#N)(c3ccccc3)CC2)nc(NCCC2CNNC2)c1C. The van der Waals surface area contributed by atoms with Crippen LogP contribution in [0.3, 0.4) is 0 Å². The van der Waals surface area contributed by atoms with Gasteiger partial charge >= 0.3 is 0 Å². The highest BCUT2D eigenvalue weighted by molar-refractivity contribution is 5.91. The van der Waals surface area contributed by atoms with Gasteiger partial charge in [-0.2, -0.15) is 5.26 Å². The molecular weight excluding hydrogens is 402 g/mol. The van der Waals surface area contributed by atoms with Gasteiger partial charge in [-0.05, 0) is 44.6 Å². The lowest BCUT2D eigenvalue weighted by Gasteiger charge is -2.37. The molecule has 8 heteroatoms. The fraction of sp³-hybridized carbons (Fsp3) is 0.500. The first-order valence-electron chi connectivity index (χ1n) is 11.3. The minimum absolute atomic E-state index is 0.167. The predicted molar refractivity (Wildman–Crippen MR) is 123 cm³/mol. The van der Waals surface area contributed by atoms with Gasteiger partial charge < -0.3 is 10.2 Å². The average Bonchev–Trinajstić information content (AvgIpc) is 3.35. The van der Waals surface area contributed by atoms with Crippen LogP contribution in [-0.4, -0.2) is 53.5 Å². The van der Waals surface area contributed by atoms with Gasteiger partial charge in [-0.1, -0.05) is 30.3 Å². The molecule has 2 saturated heterocycles. The third-order valence-electron chi connectivity index (χ3n) is 6.78. The van der Waals surface area contributed by atoms with Gasteiger partial charge in [0.15, 0.2) is 0 Å². The number of hydrogen-bond donors (Lipinski definition) is 3. The van der Waals surface area contributed by atoms with Crippen LogP contribution in [0.15, 0.2) is 30.3 Å². The second-order valence-corrected chi connectivity index (χ2v) is 8.80. The molecule has 4 rings (SSSR count). The van der Waals surface area contributed by atoms with Crippen LogP contribution in [0.4, 0.5) is 5.82 Å². The van der Waals surface area contributed by atoms with Crippen molar-refractivity contribution < 1.29 is 4.79 Å². The standard InChI is InChI=1S/C24H31N7O/c1-17-18(2)29-22(30-21(17)26-11-8-19-14-27-28-15-19)23(32)31-12-9-24(16-25,10-13-31)20-6-4-3-5-7-20/h3-7,19,27-28H,8-15H2,1-2H3,(H,26,29,30). The molecule has 3 heterocycles. The number of hydrogen-bond acceptors (Lipinski definition) is 7. The quantitative estimate of drug-likeness (QED) is 0.642. The van der Waals surface area contributed by atoms with E-state index < -0.39 is 5.41 Å². The van der Waals surface area contributed by atoms with Gasteiger partial charge in [0, 0.05) is 44.0 Å². The van der Waals surface area contributed by atoms with E-state index in [9.17, 15) is 10.1 Å². The molecule has 0 spiro atoms. The molecule has 0 atom stereocenters. The minimum Gasteiger partial charge on any atom is -0.370 e. The van der Waals surface area contributed by atoms with Gasteiger partial charge in [0.1, 0.15) is 5.82 Å². The van der Waals surface area contributed by atoms with E-state index in [0.717, 1.165) is 48.7 Å². The first kappa shape index (κ1) is 22.2. The van der Waals surface area contributed by atoms with Gasteiger partial charge in [0.05, 0.1) is 11.5 Å². The Morgan fingerprint density at radius 1 is 1.19 bits per heavy atom. The molecule has 8 nitrogen and oxygen atoms in total. The van der Waals surface area contributed by atoms with Crippen LogP contribution in [0.5, 0.6) is 0 Å². The van der Waals surface area contributed by atoms with Crippen LogP contribution >= 0.6 is 0 Å². The number of benzene rings is 1. The number of carbonyl (C=O) groups is 1. The Morgan fingerprint density at radius 2 is 1.88 bits per heavy atom. The topological polar surface area (TPSA) is 106 Å². The Balaban J connectivity index is 1.43. The van der Waals surface area contributed by atoms with Gasteiger partial charge in [-0.15, -0.1) is 0 Å². The Bertz CT molecular complexity index is 987. The van der Waals surface area contributed by atoms with Crippen LogP contribution in [0, 0.1) is 31.1 Å². The summed E-state index contributed by atoms with van der Waals surface area (Å²) in [6.07, 6.45) is 2.24. The molecule has 32 heavy (non-hydrogen) atoms. The number of likely N-dealkylation sites (tertiary alicyclic amines) is 1. The Labute approximate surface area is 189 Å². The largest absolute Gasteiger partial charge is 0.370 e. The van der Waals surface area contributed by atoms with Crippen molar-refractivity contribution in [3.05, 3.63) is 53.0 Å². The zero-order valence-electron chi connectivity index (χ0n) is 18.8. The van der Waals surface area contributed by atoms with Crippen LogP contribution in [-0.2, 0) is 5.41 Å². The maximum Gasteiger partial charge on any atom is 0.291 e. The molecule has 2 aliphatic heterocycles.